The number of hydrogen-bond donors (Lipinski definition) is 2. The minimum Gasteiger partial charge on any atom is -0.481 e. The van der Waals surface area contributed by atoms with Gasteiger partial charge in [-0.3, -0.25) is 14.4 Å². The molecular weight excluding hydrogens is 288 g/mol. The molecule has 1 aromatic carbocycles. The van der Waals surface area contributed by atoms with E-state index in [1.807, 2.05) is 0 Å². The Morgan fingerprint density at radius 3 is 1.90 bits per heavy atom. The standard InChI is InChI=1S/C12H12O7S/c13-10(5-6-11(14)15)8-1-3-9(4-2-8)20(18,19)7-12(16)17/h1-4H,5-7H2,(H,14,15)(H,16,17). The van der Waals surface area contributed by atoms with Crippen molar-refractivity contribution in [2.75, 3.05) is 5.75 Å². The number of carbonyl (C=O) groups is 3. The zero-order valence-electron chi connectivity index (χ0n) is 10.3. The van der Waals surface area contributed by atoms with Gasteiger partial charge in [0.15, 0.2) is 21.4 Å². The van der Waals surface area contributed by atoms with Crippen LogP contribution in [0.2, 0.25) is 0 Å². The topological polar surface area (TPSA) is 126 Å². The molecule has 0 aliphatic heterocycles. The van der Waals surface area contributed by atoms with E-state index in [-0.39, 0.29) is 23.3 Å². The summed E-state index contributed by atoms with van der Waals surface area (Å²) in [6.07, 6.45) is -0.492. The summed E-state index contributed by atoms with van der Waals surface area (Å²) in [4.78, 5) is 32.1. The maximum absolute atomic E-state index is 11.6. The molecule has 0 aromatic heterocycles. The number of sulfone groups is 1. The molecule has 0 saturated heterocycles. The predicted molar refractivity (Wildman–Crippen MR) is 67.3 cm³/mol. The molecule has 20 heavy (non-hydrogen) atoms. The third kappa shape index (κ3) is 4.47. The SMILES string of the molecule is O=C(O)CCC(=O)c1ccc(S(=O)(=O)CC(=O)O)cc1. The van der Waals surface area contributed by atoms with Crippen LogP contribution in [0.15, 0.2) is 29.2 Å². The summed E-state index contributed by atoms with van der Waals surface area (Å²) in [5.74, 6) is -4.01. The molecule has 0 aliphatic rings. The molecule has 1 rings (SSSR count). The summed E-state index contributed by atoms with van der Waals surface area (Å²) in [6.45, 7) is 0. The van der Waals surface area contributed by atoms with Crippen LogP contribution in [0.5, 0.6) is 0 Å². The first-order valence-corrected chi connectivity index (χ1v) is 7.17. The molecule has 0 radical (unpaired) electrons. The summed E-state index contributed by atoms with van der Waals surface area (Å²) in [5.41, 5.74) is 0.181. The van der Waals surface area contributed by atoms with Crippen molar-refractivity contribution in [1.82, 2.24) is 0 Å². The van der Waals surface area contributed by atoms with E-state index in [1.165, 1.54) is 12.1 Å². The Hall–Kier alpha value is -2.22. The number of benzene rings is 1. The predicted octanol–water partition coefficient (Wildman–Crippen LogP) is 0.592. The van der Waals surface area contributed by atoms with Crippen molar-refractivity contribution in [1.29, 1.82) is 0 Å². The van der Waals surface area contributed by atoms with Crippen LogP contribution in [0.25, 0.3) is 0 Å². The van der Waals surface area contributed by atoms with Crippen LogP contribution in [-0.2, 0) is 19.4 Å². The average Bonchev–Trinajstić information content (AvgIpc) is 2.34. The van der Waals surface area contributed by atoms with E-state index in [2.05, 4.69) is 0 Å². The van der Waals surface area contributed by atoms with Gasteiger partial charge in [0, 0.05) is 12.0 Å². The highest BCUT2D eigenvalue weighted by atomic mass is 32.2. The lowest BCUT2D eigenvalue weighted by Crippen LogP contribution is -2.15. The van der Waals surface area contributed by atoms with Gasteiger partial charge in [-0.1, -0.05) is 12.1 Å². The highest BCUT2D eigenvalue weighted by Crippen LogP contribution is 2.14. The second-order valence-electron chi connectivity index (χ2n) is 3.99. The summed E-state index contributed by atoms with van der Waals surface area (Å²) >= 11 is 0. The van der Waals surface area contributed by atoms with E-state index in [4.69, 9.17) is 10.2 Å². The zero-order valence-corrected chi connectivity index (χ0v) is 11.1. The van der Waals surface area contributed by atoms with Crippen LogP contribution in [-0.4, -0.2) is 42.1 Å². The fourth-order valence-electron chi connectivity index (χ4n) is 1.46. The van der Waals surface area contributed by atoms with Crippen LogP contribution in [0.3, 0.4) is 0 Å². The third-order valence-corrected chi connectivity index (χ3v) is 4.03. The summed E-state index contributed by atoms with van der Waals surface area (Å²) in [6, 6.07) is 4.73. The maximum atomic E-state index is 11.6. The molecule has 0 aliphatic carbocycles. The molecule has 2 N–H and O–H groups in total. The van der Waals surface area contributed by atoms with Crippen molar-refractivity contribution in [3.63, 3.8) is 0 Å². The number of hydrogen-bond acceptors (Lipinski definition) is 5. The maximum Gasteiger partial charge on any atom is 0.319 e. The van der Waals surface area contributed by atoms with Crippen LogP contribution in [0, 0.1) is 0 Å². The first-order chi connectivity index (χ1) is 9.22. The van der Waals surface area contributed by atoms with Crippen molar-refractivity contribution in [3.05, 3.63) is 29.8 Å². The molecule has 0 unspecified atom stereocenters. The highest BCUT2D eigenvalue weighted by Gasteiger charge is 2.19. The quantitative estimate of drug-likeness (QED) is 0.706. The number of carboxylic acids is 2. The minimum atomic E-state index is -3.93. The van der Waals surface area contributed by atoms with E-state index >= 15 is 0 Å². The van der Waals surface area contributed by atoms with Gasteiger partial charge in [-0.05, 0) is 12.1 Å². The third-order valence-electron chi connectivity index (χ3n) is 2.41. The zero-order chi connectivity index (χ0) is 15.3. The van der Waals surface area contributed by atoms with Gasteiger partial charge in [0.2, 0.25) is 0 Å². The lowest BCUT2D eigenvalue weighted by Gasteiger charge is -2.03. The molecule has 1 aromatic rings. The van der Waals surface area contributed by atoms with Gasteiger partial charge in [-0.2, -0.15) is 0 Å². The molecule has 8 heteroatoms. The Kier molecular flexibility index (Phi) is 4.98. The minimum absolute atomic E-state index is 0.181. The number of carbonyl (C=O) groups excluding carboxylic acids is 1. The monoisotopic (exact) mass is 300 g/mol. The van der Waals surface area contributed by atoms with Gasteiger partial charge in [0.25, 0.3) is 0 Å². The molecule has 0 saturated carbocycles. The number of rotatable bonds is 7. The lowest BCUT2D eigenvalue weighted by molar-refractivity contribution is -0.137. The normalized spacial score (nSPS) is 11.0. The smallest absolute Gasteiger partial charge is 0.319 e. The van der Waals surface area contributed by atoms with E-state index in [0.717, 1.165) is 12.1 Å². The van der Waals surface area contributed by atoms with Crippen LogP contribution in [0.4, 0.5) is 0 Å². The molecule has 7 nitrogen and oxygen atoms in total. The lowest BCUT2D eigenvalue weighted by atomic mass is 10.1. The van der Waals surface area contributed by atoms with E-state index in [9.17, 15) is 22.8 Å². The second-order valence-corrected chi connectivity index (χ2v) is 5.98. The van der Waals surface area contributed by atoms with Crippen molar-refractivity contribution in [2.24, 2.45) is 0 Å². The molecule has 0 fully saturated rings. The number of ketones is 1. The van der Waals surface area contributed by atoms with Gasteiger partial charge in [-0.25, -0.2) is 8.42 Å². The van der Waals surface area contributed by atoms with Crippen molar-refractivity contribution < 1.29 is 33.0 Å². The summed E-state index contributed by atoms with van der Waals surface area (Å²) < 4.78 is 23.2. The Morgan fingerprint density at radius 2 is 1.45 bits per heavy atom. The van der Waals surface area contributed by atoms with Crippen molar-refractivity contribution in [2.45, 2.75) is 17.7 Å². The first-order valence-electron chi connectivity index (χ1n) is 5.52. The average molecular weight is 300 g/mol. The Morgan fingerprint density at radius 1 is 0.900 bits per heavy atom. The van der Waals surface area contributed by atoms with Crippen LogP contribution in [0.1, 0.15) is 23.2 Å². The molecule has 0 heterocycles. The fourth-order valence-corrected chi connectivity index (χ4v) is 2.50. The van der Waals surface area contributed by atoms with Gasteiger partial charge in [-0.15, -0.1) is 0 Å². The molecule has 0 bridgehead atoms. The number of carboxylic acid groups (broad SMARTS) is 2. The number of aliphatic carboxylic acids is 2. The molecule has 0 amide bonds. The van der Waals surface area contributed by atoms with Crippen molar-refractivity contribution in [3.8, 4) is 0 Å². The highest BCUT2D eigenvalue weighted by molar-refractivity contribution is 7.92. The Balaban J connectivity index is 2.86. The van der Waals surface area contributed by atoms with Gasteiger partial charge in [0.1, 0.15) is 0 Å². The summed E-state index contributed by atoms with van der Waals surface area (Å²) in [5, 5.41) is 16.9. The largest absolute Gasteiger partial charge is 0.481 e. The van der Waals surface area contributed by atoms with Crippen LogP contribution < -0.4 is 0 Å². The number of Topliss-reactive ketones (excluding diaryl/α,β-unsaturated/α-hetero) is 1. The van der Waals surface area contributed by atoms with E-state index in [0.29, 0.717) is 0 Å². The fraction of sp³-hybridized carbons (Fsp3) is 0.250. The van der Waals surface area contributed by atoms with E-state index < -0.39 is 33.3 Å². The van der Waals surface area contributed by atoms with Crippen molar-refractivity contribution >= 4 is 27.6 Å². The first kappa shape index (κ1) is 15.8. The van der Waals surface area contributed by atoms with Gasteiger partial charge >= 0.3 is 11.9 Å². The molecule has 0 spiro atoms. The van der Waals surface area contributed by atoms with E-state index in [1.54, 1.807) is 0 Å². The molecule has 108 valence electrons. The summed E-state index contributed by atoms with van der Waals surface area (Å²) in [7, 11) is -3.93. The molecule has 0 atom stereocenters. The molecular formula is C12H12O7S. The van der Waals surface area contributed by atoms with Gasteiger partial charge < -0.3 is 10.2 Å². The Labute approximate surface area is 114 Å². The second kappa shape index (κ2) is 6.29. The van der Waals surface area contributed by atoms with Gasteiger partial charge in [0.05, 0.1) is 11.3 Å². The Bertz CT molecular complexity index is 628. The van der Waals surface area contributed by atoms with Crippen LogP contribution >= 0.6 is 0 Å².